The first kappa shape index (κ1) is 15.0. The van der Waals surface area contributed by atoms with Gasteiger partial charge < -0.3 is 11.1 Å². The number of carbonyl (C=O) groups excluding carboxylic acids is 1. The van der Waals surface area contributed by atoms with Gasteiger partial charge in [-0.05, 0) is 43.0 Å². The topological polar surface area (TPSA) is 58.4 Å². The Kier molecular flexibility index (Phi) is 5.15. The highest BCUT2D eigenvalue weighted by molar-refractivity contribution is 5.93. The number of nitrogens with zero attached hydrogens (tertiary/aromatic N) is 1. The standard InChI is InChI=1S/C16H25N3O/c1-12(2)14-5-3-4-6-15(14)18-16(20)11-19-8-7-13(9-17)10-19/h3-6,12-13H,7-11,17H2,1-2H3,(H,18,20). The van der Waals surface area contributed by atoms with Crippen LogP contribution >= 0.6 is 0 Å². The van der Waals surface area contributed by atoms with Crippen LogP contribution in [0.15, 0.2) is 24.3 Å². The number of rotatable bonds is 5. The summed E-state index contributed by atoms with van der Waals surface area (Å²) in [4.78, 5) is 14.3. The van der Waals surface area contributed by atoms with Gasteiger partial charge in [-0.2, -0.15) is 0 Å². The van der Waals surface area contributed by atoms with Crippen molar-refractivity contribution in [1.82, 2.24) is 4.90 Å². The Morgan fingerprint density at radius 3 is 2.85 bits per heavy atom. The molecule has 0 bridgehead atoms. The zero-order valence-corrected chi connectivity index (χ0v) is 12.4. The van der Waals surface area contributed by atoms with Crippen LogP contribution in [-0.2, 0) is 4.79 Å². The van der Waals surface area contributed by atoms with E-state index in [4.69, 9.17) is 5.73 Å². The Morgan fingerprint density at radius 2 is 2.20 bits per heavy atom. The lowest BCUT2D eigenvalue weighted by Crippen LogP contribution is -2.32. The fourth-order valence-electron chi connectivity index (χ4n) is 2.76. The third-order valence-corrected chi connectivity index (χ3v) is 3.93. The van der Waals surface area contributed by atoms with Gasteiger partial charge in [0, 0.05) is 12.2 Å². The smallest absolute Gasteiger partial charge is 0.238 e. The molecule has 3 N–H and O–H groups in total. The lowest BCUT2D eigenvalue weighted by Gasteiger charge is -2.17. The number of carbonyl (C=O) groups is 1. The quantitative estimate of drug-likeness (QED) is 0.864. The molecule has 1 heterocycles. The van der Waals surface area contributed by atoms with Crippen LogP contribution in [0.2, 0.25) is 0 Å². The van der Waals surface area contributed by atoms with Crippen LogP contribution < -0.4 is 11.1 Å². The van der Waals surface area contributed by atoms with Crippen molar-refractivity contribution in [3.8, 4) is 0 Å². The van der Waals surface area contributed by atoms with E-state index < -0.39 is 0 Å². The van der Waals surface area contributed by atoms with Crippen LogP contribution in [0.3, 0.4) is 0 Å². The maximum atomic E-state index is 12.2. The number of hydrogen-bond acceptors (Lipinski definition) is 3. The third kappa shape index (κ3) is 3.81. The minimum absolute atomic E-state index is 0.0655. The lowest BCUT2D eigenvalue weighted by atomic mass is 10.0. The Balaban J connectivity index is 1.92. The third-order valence-electron chi connectivity index (χ3n) is 3.93. The average molecular weight is 275 g/mol. The number of benzene rings is 1. The summed E-state index contributed by atoms with van der Waals surface area (Å²) in [6, 6.07) is 8.01. The SMILES string of the molecule is CC(C)c1ccccc1NC(=O)CN1CCC(CN)C1. The van der Waals surface area contributed by atoms with Crippen molar-refractivity contribution in [3.05, 3.63) is 29.8 Å². The molecule has 20 heavy (non-hydrogen) atoms. The molecule has 0 aliphatic carbocycles. The number of hydrogen-bond donors (Lipinski definition) is 2. The molecule has 1 aromatic carbocycles. The molecule has 1 atom stereocenters. The molecule has 1 aromatic rings. The van der Waals surface area contributed by atoms with Crippen molar-refractivity contribution in [2.45, 2.75) is 26.2 Å². The van der Waals surface area contributed by atoms with Crippen LogP contribution in [-0.4, -0.2) is 37.0 Å². The number of likely N-dealkylation sites (tertiary alicyclic amines) is 1. The number of amides is 1. The van der Waals surface area contributed by atoms with Gasteiger partial charge in [0.25, 0.3) is 0 Å². The van der Waals surface area contributed by atoms with Gasteiger partial charge >= 0.3 is 0 Å². The summed E-state index contributed by atoms with van der Waals surface area (Å²) in [5, 5.41) is 3.04. The van der Waals surface area contributed by atoms with Crippen molar-refractivity contribution in [1.29, 1.82) is 0 Å². The van der Waals surface area contributed by atoms with E-state index in [-0.39, 0.29) is 5.91 Å². The minimum atomic E-state index is 0.0655. The summed E-state index contributed by atoms with van der Waals surface area (Å²) in [6.07, 6.45) is 1.10. The Labute approximate surface area is 121 Å². The molecule has 110 valence electrons. The highest BCUT2D eigenvalue weighted by atomic mass is 16.2. The number of anilines is 1. The Morgan fingerprint density at radius 1 is 1.45 bits per heavy atom. The molecule has 4 nitrogen and oxygen atoms in total. The van der Waals surface area contributed by atoms with E-state index >= 15 is 0 Å². The first-order valence-electron chi connectivity index (χ1n) is 7.41. The average Bonchev–Trinajstić information content (AvgIpc) is 2.86. The molecule has 2 rings (SSSR count). The fourth-order valence-corrected chi connectivity index (χ4v) is 2.76. The number of nitrogens with two attached hydrogens (primary N) is 1. The maximum absolute atomic E-state index is 12.2. The van der Waals surface area contributed by atoms with Gasteiger partial charge in [0.1, 0.15) is 0 Å². The molecule has 1 saturated heterocycles. The molecule has 4 heteroatoms. The molecule has 0 radical (unpaired) electrons. The minimum Gasteiger partial charge on any atom is -0.330 e. The Bertz CT molecular complexity index is 459. The van der Waals surface area contributed by atoms with E-state index in [1.54, 1.807) is 0 Å². The molecule has 1 unspecified atom stereocenters. The van der Waals surface area contributed by atoms with Gasteiger partial charge in [0.15, 0.2) is 0 Å². The van der Waals surface area contributed by atoms with E-state index in [0.717, 1.165) is 25.2 Å². The summed E-state index contributed by atoms with van der Waals surface area (Å²) < 4.78 is 0. The highest BCUT2D eigenvalue weighted by Crippen LogP contribution is 2.23. The van der Waals surface area contributed by atoms with Gasteiger partial charge in [-0.1, -0.05) is 32.0 Å². The summed E-state index contributed by atoms with van der Waals surface area (Å²) in [5.41, 5.74) is 7.79. The van der Waals surface area contributed by atoms with Crippen LogP contribution in [0.5, 0.6) is 0 Å². The van der Waals surface area contributed by atoms with Gasteiger partial charge in [0.05, 0.1) is 6.54 Å². The van der Waals surface area contributed by atoms with E-state index in [1.165, 1.54) is 5.56 Å². The summed E-state index contributed by atoms with van der Waals surface area (Å²) in [5.74, 6) is 1.02. The maximum Gasteiger partial charge on any atom is 0.238 e. The first-order valence-corrected chi connectivity index (χ1v) is 7.41. The van der Waals surface area contributed by atoms with Crippen molar-refractivity contribution >= 4 is 11.6 Å². The van der Waals surface area contributed by atoms with Crippen LogP contribution in [0.25, 0.3) is 0 Å². The van der Waals surface area contributed by atoms with E-state index in [0.29, 0.717) is 24.9 Å². The predicted molar refractivity (Wildman–Crippen MR) is 82.8 cm³/mol. The molecule has 0 saturated carbocycles. The van der Waals surface area contributed by atoms with Crippen molar-refractivity contribution in [2.24, 2.45) is 11.7 Å². The van der Waals surface area contributed by atoms with Crippen LogP contribution in [0.4, 0.5) is 5.69 Å². The molecule has 0 aromatic heterocycles. The second-order valence-corrected chi connectivity index (χ2v) is 5.92. The Hall–Kier alpha value is -1.39. The predicted octanol–water partition coefficient (Wildman–Crippen LogP) is 2.03. The van der Waals surface area contributed by atoms with Crippen LogP contribution in [0, 0.1) is 5.92 Å². The summed E-state index contributed by atoms with van der Waals surface area (Å²) in [6.45, 7) is 7.36. The normalized spacial score (nSPS) is 19.5. The van der Waals surface area contributed by atoms with Gasteiger partial charge in [-0.3, -0.25) is 9.69 Å². The molecule has 1 amide bonds. The van der Waals surface area contributed by atoms with E-state index in [2.05, 4.69) is 30.1 Å². The van der Waals surface area contributed by atoms with Gasteiger partial charge in [-0.15, -0.1) is 0 Å². The number of para-hydroxylation sites is 1. The second-order valence-electron chi connectivity index (χ2n) is 5.92. The first-order chi connectivity index (χ1) is 9.60. The zero-order chi connectivity index (χ0) is 14.5. The number of nitrogens with one attached hydrogen (secondary N) is 1. The lowest BCUT2D eigenvalue weighted by molar-refractivity contribution is -0.117. The molecule has 1 aliphatic rings. The van der Waals surface area contributed by atoms with Crippen molar-refractivity contribution in [2.75, 3.05) is 31.5 Å². The van der Waals surface area contributed by atoms with Gasteiger partial charge in [-0.25, -0.2) is 0 Å². The zero-order valence-electron chi connectivity index (χ0n) is 12.4. The van der Waals surface area contributed by atoms with Crippen molar-refractivity contribution in [3.63, 3.8) is 0 Å². The molecular formula is C16H25N3O. The van der Waals surface area contributed by atoms with E-state index in [1.807, 2.05) is 18.2 Å². The molecule has 1 aliphatic heterocycles. The van der Waals surface area contributed by atoms with E-state index in [9.17, 15) is 4.79 Å². The monoisotopic (exact) mass is 275 g/mol. The molecule has 1 fully saturated rings. The van der Waals surface area contributed by atoms with Crippen molar-refractivity contribution < 1.29 is 4.79 Å². The largest absolute Gasteiger partial charge is 0.330 e. The molecule has 0 spiro atoms. The summed E-state index contributed by atoms with van der Waals surface area (Å²) >= 11 is 0. The molecular weight excluding hydrogens is 250 g/mol. The second kappa shape index (κ2) is 6.86. The highest BCUT2D eigenvalue weighted by Gasteiger charge is 2.23. The summed E-state index contributed by atoms with van der Waals surface area (Å²) in [7, 11) is 0. The fraction of sp³-hybridized carbons (Fsp3) is 0.562. The van der Waals surface area contributed by atoms with Gasteiger partial charge in [0.2, 0.25) is 5.91 Å². The van der Waals surface area contributed by atoms with Crippen LogP contribution in [0.1, 0.15) is 31.7 Å².